The van der Waals surface area contributed by atoms with Crippen LogP contribution in [0.25, 0.3) is 0 Å². The summed E-state index contributed by atoms with van der Waals surface area (Å²) in [7, 11) is 0. The Morgan fingerprint density at radius 2 is 1.89 bits per heavy atom. The van der Waals surface area contributed by atoms with Gasteiger partial charge in [-0.1, -0.05) is 11.6 Å². The molecule has 0 radical (unpaired) electrons. The number of thiol groups is 1. The minimum atomic E-state index is -1.23. The molecule has 4 nitrogen and oxygen atoms in total. The van der Waals surface area contributed by atoms with Crippen LogP contribution in [-0.4, -0.2) is 29.0 Å². The molecule has 0 aliphatic carbocycles. The first kappa shape index (κ1) is 17.1. The van der Waals surface area contributed by atoms with Crippen molar-refractivity contribution in [2.75, 3.05) is 12.3 Å². The van der Waals surface area contributed by atoms with Crippen LogP contribution in [0.15, 0.2) is 24.3 Å². The summed E-state index contributed by atoms with van der Waals surface area (Å²) in [5.74, 6) is 0.272. The minimum absolute atomic E-state index is 0.488. The normalized spacial score (nSPS) is 10.3. The standard InChI is InChI=1S/C10H11ClO3.C2H7NS/c1-10(2,9(12)13)14-8-5-3-7(11)4-6-8;3-1-2-4/h3-6H,1-2H3,(H,12,13);4H,1-3H2. The van der Waals surface area contributed by atoms with Gasteiger partial charge in [0.1, 0.15) is 5.75 Å². The second-order valence-electron chi connectivity index (χ2n) is 3.88. The maximum absolute atomic E-state index is 10.7. The van der Waals surface area contributed by atoms with E-state index in [9.17, 15) is 4.79 Å². The Labute approximate surface area is 117 Å². The number of hydrogen-bond donors (Lipinski definition) is 3. The van der Waals surface area contributed by atoms with Crippen LogP contribution < -0.4 is 10.5 Å². The van der Waals surface area contributed by atoms with Crippen LogP contribution in [0.3, 0.4) is 0 Å². The number of carboxylic acid groups (broad SMARTS) is 1. The number of ether oxygens (including phenoxy) is 1. The average molecular weight is 292 g/mol. The fourth-order valence-electron chi connectivity index (χ4n) is 0.841. The minimum Gasteiger partial charge on any atom is -0.478 e. The molecule has 1 aromatic carbocycles. The summed E-state index contributed by atoms with van der Waals surface area (Å²) in [5, 5.41) is 9.39. The van der Waals surface area contributed by atoms with Gasteiger partial charge in [-0.25, -0.2) is 4.79 Å². The quantitative estimate of drug-likeness (QED) is 0.745. The highest BCUT2D eigenvalue weighted by molar-refractivity contribution is 7.80. The van der Waals surface area contributed by atoms with Gasteiger partial charge < -0.3 is 15.6 Å². The smallest absolute Gasteiger partial charge is 0.347 e. The number of hydrogen-bond acceptors (Lipinski definition) is 4. The number of rotatable bonds is 4. The molecular formula is C12H18ClNO3S. The molecule has 3 N–H and O–H groups in total. The molecule has 0 spiro atoms. The summed E-state index contributed by atoms with van der Waals surface area (Å²) in [6, 6.07) is 6.56. The van der Waals surface area contributed by atoms with E-state index in [1.165, 1.54) is 13.8 Å². The van der Waals surface area contributed by atoms with Crippen molar-refractivity contribution in [3.05, 3.63) is 29.3 Å². The van der Waals surface area contributed by atoms with Gasteiger partial charge >= 0.3 is 5.97 Å². The van der Waals surface area contributed by atoms with Crippen molar-refractivity contribution < 1.29 is 14.6 Å². The monoisotopic (exact) mass is 291 g/mol. The summed E-state index contributed by atoms with van der Waals surface area (Å²) in [4.78, 5) is 10.7. The lowest BCUT2D eigenvalue weighted by atomic mass is 10.1. The lowest BCUT2D eigenvalue weighted by Crippen LogP contribution is -2.37. The van der Waals surface area contributed by atoms with Gasteiger partial charge in [0.15, 0.2) is 5.60 Å². The predicted molar refractivity (Wildman–Crippen MR) is 76.7 cm³/mol. The maximum Gasteiger partial charge on any atom is 0.347 e. The summed E-state index contributed by atoms with van der Waals surface area (Å²) < 4.78 is 5.26. The van der Waals surface area contributed by atoms with E-state index in [1.54, 1.807) is 24.3 Å². The number of aliphatic carboxylic acids is 1. The van der Waals surface area contributed by atoms with E-state index < -0.39 is 11.6 Å². The van der Waals surface area contributed by atoms with Gasteiger partial charge in [0.25, 0.3) is 0 Å². The molecule has 1 aromatic rings. The van der Waals surface area contributed by atoms with Gasteiger partial charge in [-0.05, 0) is 38.1 Å². The fraction of sp³-hybridized carbons (Fsp3) is 0.417. The second-order valence-corrected chi connectivity index (χ2v) is 4.77. The molecule has 0 fully saturated rings. The molecule has 0 aliphatic rings. The number of carbonyl (C=O) groups is 1. The van der Waals surface area contributed by atoms with Crippen molar-refractivity contribution >= 4 is 30.2 Å². The van der Waals surface area contributed by atoms with Crippen LogP contribution in [-0.2, 0) is 4.79 Å². The van der Waals surface area contributed by atoms with Crippen LogP contribution >= 0.6 is 24.2 Å². The lowest BCUT2D eigenvalue weighted by molar-refractivity contribution is -0.152. The molecule has 0 aliphatic heterocycles. The molecule has 0 saturated carbocycles. The van der Waals surface area contributed by atoms with Crippen molar-refractivity contribution in [3.8, 4) is 5.75 Å². The molecule has 0 bridgehead atoms. The van der Waals surface area contributed by atoms with Crippen molar-refractivity contribution in [3.63, 3.8) is 0 Å². The number of nitrogens with two attached hydrogens (primary N) is 1. The van der Waals surface area contributed by atoms with Crippen LogP contribution in [0.4, 0.5) is 0 Å². The van der Waals surface area contributed by atoms with Gasteiger partial charge in [-0.15, -0.1) is 0 Å². The topological polar surface area (TPSA) is 72.5 Å². The molecule has 0 atom stereocenters. The van der Waals surface area contributed by atoms with Gasteiger partial charge in [0, 0.05) is 17.3 Å². The Hall–Kier alpha value is -0.910. The molecular weight excluding hydrogens is 274 g/mol. The van der Waals surface area contributed by atoms with E-state index in [4.69, 9.17) is 27.2 Å². The third-order valence-electron chi connectivity index (χ3n) is 1.83. The average Bonchev–Trinajstić information content (AvgIpc) is 2.32. The van der Waals surface area contributed by atoms with Crippen LogP contribution in [0, 0.1) is 0 Å². The van der Waals surface area contributed by atoms with Crippen molar-refractivity contribution in [1.82, 2.24) is 0 Å². The number of benzene rings is 1. The Morgan fingerprint density at radius 1 is 1.44 bits per heavy atom. The highest BCUT2D eigenvalue weighted by atomic mass is 35.5. The Morgan fingerprint density at radius 3 is 2.22 bits per heavy atom. The van der Waals surface area contributed by atoms with Gasteiger partial charge in [0.2, 0.25) is 0 Å². The molecule has 0 amide bonds. The molecule has 0 saturated heterocycles. The second kappa shape index (κ2) is 8.24. The first-order valence-electron chi connectivity index (χ1n) is 5.32. The first-order chi connectivity index (χ1) is 8.33. The third kappa shape index (κ3) is 6.74. The van der Waals surface area contributed by atoms with E-state index in [-0.39, 0.29) is 0 Å². The Balaban J connectivity index is 0.000000631. The lowest BCUT2D eigenvalue weighted by Gasteiger charge is -2.21. The van der Waals surface area contributed by atoms with Crippen LogP contribution in [0.5, 0.6) is 5.75 Å². The molecule has 0 unspecified atom stereocenters. The molecule has 6 heteroatoms. The van der Waals surface area contributed by atoms with E-state index >= 15 is 0 Å². The highest BCUT2D eigenvalue weighted by Crippen LogP contribution is 2.20. The summed E-state index contributed by atoms with van der Waals surface area (Å²) in [5.41, 5.74) is 3.72. The number of carboxylic acids is 1. The van der Waals surface area contributed by atoms with Gasteiger partial charge in [0.05, 0.1) is 0 Å². The zero-order valence-corrected chi connectivity index (χ0v) is 12.0. The zero-order chi connectivity index (χ0) is 14.2. The van der Waals surface area contributed by atoms with Crippen molar-refractivity contribution in [2.45, 2.75) is 19.4 Å². The van der Waals surface area contributed by atoms with Gasteiger partial charge in [-0.3, -0.25) is 0 Å². The van der Waals surface area contributed by atoms with Gasteiger partial charge in [-0.2, -0.15) is 12.6 Å². The molecule has 102 valence electrons. The van der Waals surface area contributed by atoms with Crippen LogP contribution in [0.2, 0.25) is 5.02 Å². The van der Waals surface area contributed by atoms with E-state index in [1.807, 2.05) is 0 Å². The SMILES string of the molecule is CC(C)(Oc1ccc(Cl)cc1)C(=O)O.NCCS. The summed E-state index contributed by atoms with van der Waals surface area (Å²) in [6.07, 6.45) is 0. The first-order valence-corrected chi connectivity index (χ1v) is 6.33. The molecule has 1 rings (SSSR count). The number of halogens is 1. The zero-order valence-electron chi connectivity index (χ0n) is 10.4. The predicted octanol–water partition coefficient (Wildman–Crippen LogP) is 2.46. The maximum atomic E-state index is 10.7. The molecule has 18 heavy (non-hydrogen) atoms. The Kier molecular flexibility index (Phi) is 7.82. The van der Waals surface area contributed by atoms with Crippen molar-refractivity contribution in [1.29, 1.82) is 0 Å². The Bertz CT molecular complexity index is 366. The van der Waals surface area contributed by atoms with E-state index in [0.717, 1.165) is 5.75 Å². The third-order valence-corrected chi connectivity index (χ3v) is 2.34. The molecule has 0 heterocycles. The molecule has 0 aromatic heterocycles. The van der Waals surface area contributed by atoms with E-state index in [2.05, 4.69) is 12.6 Å². The summed E-state index contributed by atoms with van der Waals surface area (Å²) in [6.45, 7) is 3.66. The fourth-order valence-corrected chi connectivity index (χ4v) is 0.967. The van der Waals surface area contributed by atoms with E-state index in [0.29, 0.717) is 17.3 Å². The largest absolute Gasteiger partial charge is 0.478 e. The highest BCUT2D eigenvalue weighted by Gasteiger charge is 2.29. The van der Waals surface area contributed by atoms with Crippen LogP contribution in [0.1, 0.15) is 13.8 Å². The van der Waals surface area contributed by atoms with Crippen molar-refractivity contribution in [2.24, 2.45) is 5.73 Å². The summed E-state index contributed by atoms with van der Waals surface area (Å²) >= 11 is 9.47.